The molecule has 4 aromatic rings. The Balaban J connectivity index is 1.97. The first-order valence-electron chi connectivity index (χ1n) is 8.54. The number of carboxylic acid groups (broad SMARTS) is 1. The first-order valence-corrected chi connectivity index (χ1v) is 8.54. The molecule has 0 aliphatic rings. The Morgan fingerprint density at radius 2 is 1.81 bits per heavy atom. The van der Waals surface area contributed by atoms with Gasteiger partial charge in [0.25, 0.3) is 0 Å². The summed E-state index contributed by atoms with van der Waals surface area (Å²) < 4.78 is 1.76. The van der Waals surface area contributed by atoms with Gasteiger partial charge in [-0.1, -0.05) is 42.5 Å². The van der Waals surface area contributed by atoms with Crippen LogP contribution >= 0.6 is 0 Å². The van der Waals surface area contributed by atoms with Crippen LogP contribution in [0.3, 0.4) is 0 Å². The Bertz CT molecular complexity index is 1160. The number of para-hydroxylation sites is 2. The highest BCUT2D eigenvalue weighted by molar-refractivity contribution is 5.97. The molecule has 0 aliphatic carbocycles. The molecule has 4 rings (SSSR count). The molecule has 2 aromatic heterocycles. The second-order valence-electron chi connectivity index (χ2n) is 6.23. The normalized spacial score (nSPS) is 11.7. The van der Waals surface area contributed by atoms with Gasteiger partial charge in [0.1, 0.15) is 5.69 Å². The molecule has 0 spiro atoms. The van der Waals surface area contributed by atoms with Gasteiger partial charge in [-0.2, -0.15) is 5.10 Å². The van der Waals surface area contributed by atoms with E-state index < -0.39 is 5.97 Å². The number of hydrogen-bond donors (Lipinski definition) is 1. The number of aromatic nitrogens is 3. The number of carbonyl (C=O) groups is 1. The number of nitrogens with zero attached hydrogens (tertiary/aromatic N) is 3. The van der Waals surface area contributed by atoms with Gasteiger partial charge in [-0.15, -0.1) is 0 Å². The van der Waals surface area contributed by atoms with Crippen LogP contribution in [-0.2, 0) is 4.79 Å². The minimum Gasteiger partial charge on any atom is -0.478 e. The second-order valence-corrected chi connectivity index (χ2v) is 6.23. The Labute approximate surface area is 156 Å². The topological polar surface area (TPSA) is 68.0 Å². The summed E-state index contributed by atoms with van der Waals surface area (Å²) in [5.41, 5.74) is 4.28. The van der Waals surface area contributed by atoms with Crippen molar-refractivity contribution in [1.29, 1.82) is 0 Å². The number of benzene rings is 2. The van der Waals surface area contributed by atoms with Gasteiger partial charge in [0, 0.05) is 34.5 Å². The molecule has 0 unspecified atom stereocenters. The zero-order valence-electron chi connectivity index (χ0n) is 14.7. The number of carboxylic acids is 1. The third-order valence-electron chi connectivity index (χ3n) is 4.36. The van der Waals surface area contributed by atoms with Gasteiger partial charge >= 0.3 is 5.97 Å². The smallest absolute Gasteiger partial charge is 0.331 e. The van der Waals surface area contributed by atoms with E-state index in [1.165, 1.54) is 0 Å². The molecule has 0 saturated carbocycles. The SMILES string of the molecule is C/C(=C\c1cn(-c2ccccc2)nc1-c1cccc2cccnc12)C(=O)O. The van der Waals surface area contributed by atoms with Crippen molar-refractivity contribution >= 4 is 22.9 Å². The largest absolute Gasteiger partial charge is 0.478 e. The van der Waals surface area contributed by atoms with Crippen molar-refractivity contribution in [3.8, 4) is 16.9 Å². The fourth-order valence-electron chi connectivity index (χ4n) is 3.01. The van der Waals surface area contributed by atoms with Crippen molar-refractivity contribution in [3.05, 3.63) is 84.2 Å². The molecule has 5 nitrogen and oxygen atoms in total. The highest BCUT2D eigenvalue weighted by Gasteiger charge is 2.15. The summed E-state index contributed by atoms with van der Waals surface area (Å²) in [5, 5.41) is 15.1. The van der Waals surface area contributed by atoms with Gasteiger partial charge in [-0.25, -0.2) is 9.48 Å². The zero-order valence-corrected chi connectivity index (χ0v) is 14.7. The quantitative estimate of drug-likeness (QED) is 0.544. The number of pyridine rings is 1. The fourth-order valence-corrected chi connectivity index (χ4v) is 3.01. The summed E-state index contributed by atoms with van der Waals surface area (Å²) in [6.45, 7) is 1.58. The fraction of sp³-hybridized carbons (Fsp3) is 0.0455. The Hall–Kier alpha value is -3.73. The lowest BCUT2D eigenvalue weighted by Crippen LogP contribution is -1.95. The first kappa shape index (κ1) is 16.7. The molecule has 0 bridgehead atoms. The van der Waals surface area contributed by atoms with E-state index in [-0.39, 0.29) is 5.57 Å². The van der Waals surface area contributed by atoms with Crippen LogP contribution in [0.2, 0.25) is 0 Å². The maximum absolute atomic E-state index is 11.3. The van der Waals surface area contributed by atoms with E-state index in [9.17, 15) is 9.90 Å². The van der Waals surface area contributed by atoms with Gasteiger partial charge in [0.15, 0.2) is 0 Å². The van der Waals surface area contributed by atoms with Gasteiger partial charge < -0.3 is 5.11 Å². The number of hydrogen-bond acceptors (Lipinski definition) is 3. The average Bonchev–Trinajstić information content (AvgIpc) is 3.11. The van der Waals surface area contributed by atoms with Crippen LogP contribution in [0.5, 0.6) is 0 Å². The van der Waals surface area contributed by atoms with Crippen LogP contribution < -0.4 is 0 Å². The molecule has 0 fully saturated rings. The summed E-state index contributed by atoms with van der Waals surface area (Å²) in [4.78, 5) is 15.8. The van der Waals surface area contributed by atoms with Crippen molar-refractivity contribution in [2.75, 3.05) is 0 Å². The number of aliphatic carboxylic acids is 1. The maximum Gasteiger partial charge on any atom is 0.331 e. The maximum atomic E-state index is 11.3. The third-order valence-corrected chi connectivity index (χ3v) is 4.36. The Kier molecular flexibility index (Phi) is 4.26. The second kappa shape index (κ2) is 6.88. The molecular formula is C22H17N3O2. The van der Waals surface area contributed by atoms with Crippen molar-refractivity contribution in [2.24, 2.45) is 0 Å². The number of rotatable bonds is 4. The van der Waals surface area contributed by atoms with E-state index in [2.05, 4.69) is 4.98 Å². The van der Waals surface area contributed by atoms with E-state index in [0.717, 1.165) is 27.7 Å². The Morgan fingerprint density at radius 3 is 2.59 bits per heavy atom. The predicted molar refractivity (Wildman–Crippen MR) is 106 cm³/mol. The van der Waals surface area contributed by atoms with Gasteiger partial charge in [0.05, 0.1) is 11.2 Å². The molecule has 2 aromatic carbocycles. The van der Waals surface area contributed by atoms with Crippen LogP contribution in [0.1, 0.15) is 12.5 Å². The summed E-state index contributed by atoms with van der Waals surface area (Å²) in [6.07, 6.45) is 5.24. The Morgan fingerprint density at radius 1 is 1.04 bits per heavy atom. The molecule has 1 N–H and O–H groups in total. The molecular weight excluding hydrogens is 338 g/mol. The van der Waals surface area contributed by atoms with Gasteiger partial charge in [-0.3, -0.25) is 4.98 Å². The lowest BCUT2D eigenvalue weighted by atomic mass is 10.0. The van der Waals surface area contributed by atoms with Crippen LogP contribution in [0.4, 0.5) is 0 Å². The summed E-state index contributed by atoms with van der Waals surface area (Å²) >= 11 is 0. The predicted octanol–water partition coefficient (Wildman–Crippen LogP) is 4.58. The molecule has 5 heteroatoms. The summed E-state index contributed by atoms with van der Waals surface area (Å²) in [5.74, 6) is -0.954. The number of fused-ring (bicyclic) bond motifs is 1. The monoisotopic (exact) mass is 355 g/mol. The molecule has 0 radical (unpaired) electrons. The van der Waals surface area contributed by atoms with Gasteiger partial charge in [0.2, 0.25) is 0 Å². The molecule has 2 heterocycles. The molecule has 0 amide bonds. The standard InChI is InChI=1S/C22H17N3O2/c1-15(22(26)27)13-17-14-25(18-9-3-2-4-10-18)24-21(17)19-11-5-7-16-8-6-12-23-20(16)19/h2-14H,1H3,(H,26,27)/b15-13+. The van der Waals surface area contributed by atoms with Crippen molar-refractivity contribution < 1.29 is 9.90 Å². The van der Waals surface area contributed by atoms with Crippen molar-refractivity contribution in [2.45, 2.75) is 6.92 Å². The molecule has 132 valence electrons. The highest BCUT2D eigenvalue weighted by atomic mass is 16.4. The third kappa shape index (κ3) is 3.22. The van der Waals surface area contributed by atoms with Crippen LogP contribution in [0.25, 0.3) is 33.9 Å². The lowest BCUT2D eigenvalue weighted by molar-refractivity contribution is -0.132. The van der Waals surface area contributed by atoms with E-state index in [0.29, 0.717) is 5.69 Å². The molecule has 0 atom stereocenters. The zero-order chi connectivity index (χ0) is 18.8. The lowest BCUT2D eigenvalue weighted by Gasteiger charge is -2.04. The average molecular weight is 355 g/mol. The highest BCUT2D eigenvalue weighted by Crippen LogP contribution is 2.30. The minimum atomic E-state index is -0.954. The van der Waals surface area contributed by atoms with Gasteiger partial charge in [-0.05, 0) is 31.2 Å². The molecule has 0 saturated heterocycles. The summed E-state index contributed by atoms with van der Waals surface area (Å²) in [7, 11) is 0. The minimum absolute atomic E-state index is 0.247. The van der Waals surface area contributed by atoms with Crippen molar-refractivity contribution in [1.82, 2.24) is 14.8 Å². The molecule has 27 heavy (non-hydrogen) atoms. The first-order chi connectivity index (χ1) is 13.1. The van der Waals surface area contributed by atoms with Crippen molar-refractivity contribution in [3.63, 3.8) is 0 Å². The van der Waals surface area contributed by atoms with Crippen LogP contribution in [0, 0.1) is 0 Å². The van der Waals surface area contributed by atoms with E-state index in [1.54, 1.807) is 23.9 Å². The summed E-state index contributed by atoms with van der Waals surface area (Å²) in [6, 6.07) is 19.5. The van der Waals surface area contributed by atoms with E-state index >= 15 is 0 Å². The van der Waals surface area contributed by atoms with Crippen LogP contribution in [0.15, 0.2) is 78.6 Å². The molecule has 0 aliphatic heterocycles. The van der Waals surface area contributed by atoms with E-state index in [1.807, 2.05) is 66.9 Å². The van der Waals surface area contributed by atoms with E-state index in [4.69, 9.17) is 5.10 Å². The van der Waals surface area contributed by atoms with Crippen LogP contribution in [-0.4, -0.2) is 25.8 Å².